The maximum atomic E-state index is 12.4. The molecule has 2 amide bonds. The van der Waals surface area contributed by atoms with Gasteiger partial charge in [-0.15, -0.1) is 11.8 Å². The number of nitrogens with zero attached hydrogens (tertiary/aromatic N) is 1. The first kappa shape index (κ1) is 14.5. The Hall–Kier alpha value is -1.40. The number of carbonyl (C=O) groups is 2. The lowest BCUT2D eigenvalue weighted by atomic mass is 10.1. The number of hydrogen-bond acceptors (Lipinski definition) is 4. The van der Waals surface area contributed by atoms with Crippen LogP contribution in [0.25, 0.3) is 0 Å². The van der Waals surface area contributed by atoms with E-state index in [1.54, 1.807) is 28.4 Å². The molecular formula is C15H16N2O2S2. The van der Waals surface area contributed by atoms with Gasteiger partial charge in [0.2, 0.25) is 5.91 Å². The minimum Gasteiger partial charge on any atom is -0.347 e. The largest absolute Gasteiger partial charge is 0.347 e. The Kier molecular flexibility index (Phi) is 4.26. The topological polar surface area (TPSA) is 49.4 Å². The van der Waals surface area contributed by atoms with Crippen molar-refractivity contribution in [2.75, 3.05) is 5.75 Å². The molecule has 0 saturated carbocycles. The highest BCUT2D eigenvalue weighted by atomic mass is 32.2. The van der Waals surface area contributed by atoms with E-state index in [1.807, 2.05) is 30.3 Å². The van der Waals surface area contributed by atoms with Gasteiger partial charge in [0.15, 0.2) is 0 Å². The second-order valence-electron chi connectivity index (χ2n) is 4.78. The van der Waals surface area contributed by atoms with Gasteiger partial charge in [-0.3, -0.25) is 14.5 Å². The van der Waals surface area contributed by atoms with Crippen LogP contribution in [0.2, 0.25) is 0 Å². The molecule has 0 aliphatic carbocycles. The van der Waals surface area contributed by atoms with Gasteiger partial charge < -0.3 is 5.32 Å². The van der Waals surface area contributed by atoms with Crippen LogP contribution < -0.4 is 5.32 Å². The number of fused-ring (bicyclic) bond motifs is 1. The third-order valence-electron chi connectivity index (χ3n) is 3.37. The number of nitrogens with one attached hydrogen (secondary N) is 1. The van der Waals surface area contributed by atoms with Crippen molar-refractivity contribution in [2.24, 2.45) is 0 Å². The summed E-state index contributed by atoms with van der Waals surface area (Å²) < 4.78 is 0.971. The highest BCUT2D eigenvalue weighted by molar-refractivity contribution is 8.22. The molecule has 6 heteroatoms. The number of thioether (sulfide) groups is 2. The zero-order valence-electron chi connectivity index (χ0n) is 11.7. The second kappa shape index (κ2) is 6.15. The summed E-state index contributed by atoms with van der Waals surface area (Å²) in [5, 5.41) is 3.05. The quantitative estimate of drug-likeness (QED) is 0.847. The van der Waals surface area contributed by atoms with Gasteiger partial charge in [0.25, 0.3) is 5.91 Å². The molecule has 0 aromatic heterocycles. The lowest BCUT2D eigenvalue weighted by molar-refractivity contribution is -0.140. The fourth-order valence-electron chi connectivity index (χ4n) is 2.33. The molecule has 0 unspecified atom stereocenters. The van der Waals surface area contributed by atoms with Crippen molar-refractivity contribution in [3.63, 3.8) is 0 Å². The van der Waals surface area contributed by atoms with Crippen LogP contribution in [0.1, 0.15) is 18.9 Å². The van der Waals surface area contributed by atoms with Crippen LogP contribution in [-0.4, -0.2) is 27.8 Å². The molecule has 1 N–H and O–H groups in total. The van der Waals surface area contributed by atoms with E-state index >= 15 is 0 Å². The first-order valence-electron chi connectivity index (χ1n) is 6.88. The van der Waals surface area contributed by atoms with Crippen molar-refractivity contribution in [2.45, 2.75) is 25.3 Å². The molecule has 0 radical (unpaired) electrons. The molecule has 21 heavy (non-hydrogen) atoms. The van der Waals surface area contributed by atoms with Crippen LogP contribution >= 0.6 is 23.5 Å². The monoisotopic (exact) mass is 320 g/mol. The Balaban J connectivity index is 1.72. The standard InChI is InChI=1S/C15H16N2O2S2/c1-2-20-15-13(17-11(18)8-12(17)21-15)14(19)16-9-10-6-4-3-5-7-10/h3-7,12H,2,8-9H2,1H3,(H,16,19)/t12-/m1/s1. The molecule has 2 aliphatic heterocycles. The molecule has 1 atom stereocenters. The zero-order chi connectivity index (χ0) is 14.8. The van der Waals surface area contributed by atoms with Gasteiger partial charge in [-0.1, -0.05) is 49.0 Å². The number of β-lactam (4-membered cyclic amide) rings is 1. The van der Waals surface area contributed by atoms with E-state index in [0.29, 0.717) is 18.7 Å². The maximum absolute atomic E-state index is 12.4. The van der Waals surface area contributed by atoms with Crippen molar-refractivity contribution in [3.8, 4) is 0 Å². The lowest BCUT2D eigenvalue weighted by Gasteiger charge is -2.34. The van der Waals surface area contributed by atoms with Gasteiger partial charge in [-0.2, -0.15) is 0 Å². The van der Waals surface area contributed by atoms with Crippen molar-refractivity contribution in [1.82, 2.24) is 10.2 Å². The number of amides is 2. The molecule has 1 aromatic rings. The van der Waals surface area contributed by atoms with Gasteiger partial charge in [0, 0.05) is 6.54 Å². The molecule has 1 saturated heterocycles. The number of hydrogen-bond donors (Lipinski definition) is 1. The highest BCUT2D eigenvalue weighted by Crippen LogP contribution is 2.50. The summed E-state index contributed by atoms with van der Waals surface area (Å²) in [6, 6.07) is 9.77. The second-order valence-corrected chi connectivity index (χ2v) is 7.50. The van der Waals surface area contributed by atoms with Crippen LogP contribution in [0.3, 0.4) is 0 Å². The van der Waals surface area contributed by atoms with Gasteiger partial charge in [0.05, 0.1) is 16.0 Å². The normalized spacial score (nSPS) is 20.3. The Bertz CT molecular complexity index is 601. The van der Waals surface area contributed by atoms with Crippen molar-refractivity contribution in [1.29, 1.82) is 0 Å². The zero-order valence-corrected chi connectivity index (χ0v) is 13.3. The predicted molar refractivity (Wildman–Crippen MR) is 86.3 cm³/mol. The summed E-state index contributed by atoms with van der Waals surface area (Å²) in [5.41, 5.74) is 1.59. The fourth-order valence-corrected chi connectivity index (χ4v) is 4.98. The predicted octanol–water partition coefficient (Wildman–Crippen LogP) is 2.53. The summed E-state index contributed by atoms with van der Waals surface area (Å²) in [5.74, 6) is 0.786. The van der Waals surface area contributed by atoms with E-state index in [1.165, 1.54) is 0 Å². The van der Waals surface area contributed by atoms with E-state index in [2.05, 4.69) is 12.2 Å². The molecule has 1 fully saturated rings. The van der Waals surface area contributed by atoms with Crippen LogP contribution in [0.15, 0.2) is 40.3 Å². The molecular weight excluding hydrogens is 304 g/mol. The van der Waals surface area contributed by atoms with Gasteiger partial charge >= 0.3 is 0 Å². The molecule has 2 heterocycles. The van der Waals surface area contributed by atoms with E-state index in [4.69, 9.17) is 0 Å². The summed E-state index contributed by atoms with van der Waals surface area (Å²) in [4.78, 5) is 25.8. The minimum atomic E-state index is -0.155. The van der Waals surface area contributed by atoms with Crippen molar-refractivity contribution in [3.05, 3.63) is 45.8 Å². The smallest absolute Gasteiger partial charge is 0.270 e. The van der Waals surface area contributed by atoms with E-state index < -0.39 is 0 Å². The van der Waals surface area contributed by atoms with E-state index in [9.17, 15) is 9.59 Å². The summed E-state index contributed by atoms with van der Waals surface area (Å²) in [6.45, 7) is 2.53. The molecule has 110 valence electrons. The molecule has 0 spiro atoms. The fraction of sp³-hybridized carbons (Fsp3) is 0.333. The summed E-state index contributed by atoms with van der Waals surface area (Å²) in [6.07, 6.45) is 0.536. The Labute approximate surface area is 132 Å². The Morgan fingerprint density at radius 3 is 2.86 bits per heavy atom. The average Bonchev–Trinajstić information content (AvgIpc) is 2.79. The van der Waals surface area contributed by atoms with Crippen molar-refractivity contribution < 1.29 is 9.59 Å². The van der Waals surface area contributed by atoms with Gasteiger partial charge in [-0.25, -0.2) is 0 Å². The third kappa shape index (κ3) is 2.82. The SMILES string of the molecule is CCSC1=C(C(=O)NCc2ccccc2)N2C(=O)C[C@H]2S1. The molecule has 1 aromatic carbocycles. The average molecular weight is 320 g/mol. The molecule has 2 aliphatic rings. The molecule has 4 nitrogen and oxygen atoms in total. The van der Waals surface area contributed by atoms with E-state index in [0.717, 1.165) is 15.6 Å². The third-order valence-corrected chi connectivity index (χ3v) is 5.81. The number of benzene rings is 1. The minimum absolute atomic E-state index is 0.0454. The van der Waals surface area contributed by atoms with Gasteiger partial charge in [0.1, 0.15) is 5.70 Å². The van der Waals surface area contributed by atoms with Crippen LogP contribution in [-0.2, 0) is 16.1 Å². The van der Waals surface area contributed by atoms with Gasteiger partial charge in [-0.05, 0) is 11.3 Å². The molecule has 0 bridgehead atoms. The first-order chi connectivity index (χ1) is 10.2. The first-order valence-corrected chi connectivity index (χ1v) is 8.75. The Morgan fingerprint density at radius 1 is 1.43 bits per heavy atom. The summed E-state index contributed by atoms with van der Waals surface area (Å²) >= 11 is 3.27. The number of rotatable bonds is 5. The molecule has 3 rings (SSSR count). The Morgan fingerprint density at radius 2 is 2.19 bits per heavy atom. The van der Waals surface area contributed by atoms with E-state index in [-0.39, 0.29) is 17.2 Å². The van der Waals surface area contributed by atoms with Crippen LogP contribution in [0, 0.1) is 0 Å². The summed E-state index contributed by atoms with van der Waals surface area (Å²) in [7, 11) is 0. The number of carbonyl (C=O) groups excluding carboxylic acids is 2. The van der Waals surface area contributed by atoms with Crippen LogP contribution in [0.5, 0.6) is 0 Å². The maximum Gasteiger partial charge on any atom is 0.270 e. The lowest BCUT2D eigenvalue weighted by Crippen LogP contribution is -2.50. The highest BCUT2D eigenvalue weighted by Gasteiger charge is 2.48. The van der Waals surface area contributed by atoms with Crippen LogP contribution in [0.4, 0.5) is 0 Å². The van der Waals surface area contributed by atoms with Crippen molar-refractivity contribution >= 4 is 35.3 Å².